The molecule has 0 heterocycles. The number of carbonyl (C=O) groups excluding carboxylic acids is 1. The molecule has 0 aliphatic carbocycles. The van der Waals surface area contributed by atoms with Crippen LogP contribution in [-0.4, -0.2) is 16.8 Å². The largest absolute Gasteiger partial charge is 0.346 e. The van der Waals surface area contributed by atoms with Crippen LogP contribution in [0.5, 0.6) is 0 Å². The highest BCUT2D eigenvalue weighted by molar-refractivity contribution is 9.10. The van der Waals surface area contributed by atoms with E-state index >= 15 is 0 Å². The zero-order chi connectivity index (χ0) is 12.3. The number of amides is 1. The fraction of sp³-hybridized carbons (Fsp3) is 0.417. The van der Waals surface area contributed by atoms with Crippen molar-refractivity contribution in [2.24, 2.45) is 0 Å². The summed E-state index contributed by atoms with van der Waals surface area (Å²) in [5, 5.41) is 3.68. The van der Waals surface area contributed by atoms with Gasteiger partial charge in [0.05, 0.1) is 0 Å². The summed E-state index contributed by atoms with van der Waals surface area (Å²) < 4.78 is 0.955. The summed E-state index contributed by atoms with van der Waals surface area (Å²) in [6.45, 7) is 5.94. The Balaban J connectivity index is 2.85. The molecule has 0 spiro atoms. The Bertz CT molecular complexity index is 402. The molecule has 1 aromatic rings. The van der Waals surface area contributed by atoms with Gasteiger partial charge in [-0.3, -0.25) is 4.79 Å². The first-order valence-corrected chi connectivity index (χ1v) is 6.92. The van der Waals surface area contributed by atoms with E-state index in [1.807, 2.05) is 39.0 Å². The molecule has 0 saturated carbocycles. The molecule has 0 aromatic heterocycles. The summed E-state index contributed by atoms with van der Waals surface area (Å²) in [6, 6.07) is 5.61. The minimum atomic E-state index is -0.242. The Labute approximate surface area is 113 Å². The lowest BCUT2D eigenvalue weighted by molar-refractivity contribution is 0.0921. The summed E-state index contributed by atoms with van der Waals surface area (Å²) in [4.78, 5) is 11.9. The summed E-state index contributed by atoms with van der Waals surface area (Å²) in [7, 11) is 0. The number of rotatable bonds is 3. The van der Waals surface area contributed by atoms with Crippen LogP contribution < -0.4 is 5.32 Å². The predicted octanol–water partition coefficient (Wildman–Crippen LogP) is 3.66. The van der Waals surface area contributed by atoms with Gasteiger partial charge in [0.15, 0.2) is 0 Å². The van der Waals surface area contributed by atoms with Gasteiger partial charge in [0, 0.05) is 20.9 Å². The van der Waals surface area contributed by atoms with Crippen LogP contribution in [0.1, 0.15) is 29.8 Å². The lowest BCUT2D eigenvalue weighted by Gasteiger charge is -2.23. The zero-order valence-corrected chi connectivity index (χ0v) is 12.8. The van der Waals surface area contributed by atoms with Crippen molar-refractivity contribution in [3.8, 4) is 0 Å². The molecule has 0 radical (unpaired) electrons. The third kappa shape index (κ3) is 3.59. The van der Waals surface area contributed by atoms with Gasteiger partial charge in [-0.15, -0.1) is 0 Å². The average Bonchev–Trinajstić information content (AvgIpc) is 2.21. The molecule has 1 aromatic carbocycles. The first-order valence-electron chi connectivity index (χ1n) is 5.00. The van der Waals surface area contributed by atoms with Crippen molar-refractivity contribution in [1.82, 2.24) is 5.32 Å². The molecular weight excluding hydrogens is 334 g/mol. The quantitative estimate of drug-likeness (QED) is 0.830. The van der Waals surface area contributed by atoms with Crippen LogP contribution >= 0.6 is 31.9 Å². The number of nitrogens with one attached hydrogen (secondary N) is 1. The molecule has 0 unspecified atom stereocenters. The topological polar surface area (TPSA) is 29.1 Å². The zero-order valence-electron chi connectivity index (χ0n) is 9.60. The van der Waals surface area contributed by atoms with E-state index in [0.29, 0.717) is 5.56 Å². The second kappa shape index (κ2) is 5.32. The van der Waals surface area contributed by atoms with E-state index in [-0.39, 0.29) is 11.4 Å². The molecular formula is C12H15Br2NO. The van der Waals surface area contributed by atoms with E-state index in [1.165, 1.54) is 0 Å². The molecule has 1 amide bonds. The molecule has 2 nitrogen and oxygen atoms in total. The van der Waals surface area contributed by atoms with E-state index in [2.05, 4.69) is 37.2 Å². The first kappa shape index (κ1) is 13.7. The molecule has 0 aliphatic rings. The maximum Gasteiger partial charge on any atom is 0.251 e. The van der Waals surface area contributed by atoms with Crippen LogP contribution in [0.2, 0.25) is 0 Å². The molecule has 16 heavy (non-hydrogen) atoms. The van der Waals surface area contributed by atoms with Crippen molar-refractivity contribution in [2.45, 2.75) is 26.3 Å². The number of hydrogen-bond acceptors (Lipinski definition) is 1. The monoisotopic (exact) mass is 347 g/mol. The molecule has 1 N–H and O–H groups in total. The molecule has 4 heteroatoms. The second-order valence-corrected chi connectivity index (χ2v) is 5.85. The third-order valence-corrected chi connectivity index (χ3v) is 4.48. The molecule has 0 saturated heterocycles. The highest BCUT2D eigenvalue weighted by atomic mass is 79.9. The van der Waals surface area contributed by atoms with Gasteiger partial charge in [-0.05, 0) is 38.5 Å². The van der Waals surface area contributed by atoms with Crippen molar-refractivity contribution in [3.63, 3.8) is 0 Å². The van der Waals surface area contributed by atoms with E-state index in [4.69, 9.17) is 0 Å². The maximum absolute atomic E-state index is 11.9. The van der Waals surface area contributed by atoms with E-state index in [0.717, 1.165) is 15.4 Å². The van der Waals surface area contributed by atoms with E-state index in [1.54, 1.807) is 0 Å². The average molecular weight is 349 g/mol. The van der Waals surface area contributed by atoms with Crippen LogP contribution in [0.25, 0.3) is 0 Å². The predicted molar refractivity (Wildman–Crippen MR) is 74.2 cm³/mol. The fourth-order valence-electron chi connectivity index (χ4n) is 1.15. The van der Waals surface area contributed by atoms with Crippen LogP contribution in [0.3, 0.4) is 0 Å². The van der Waals surface area contributed by atoms with Crippen molar-refractivity contribution >= 4 is 37.8 Å². The van der Waals surface area contributed by atoms with Gasteiger partial charge in [-0.1, -0.05) is 37.9 Å². The molecule has 0 atom stereocenters. The lowest BCUT2D eigenvalue weighted by Crippen LogP contribution is -2.44. The highest BCUT2D eigenvalue weighted by Gasteiger charge is 2.19. The Morgan fingerprint density at radius 1 is 1.44 bits per heavy atom. The third-order valence-electron chi connectivity index (χ3n) is 2.22. The second-order valence-electron chi connectivity index (χ2n) is 4.44. The normalized spacial score (nSPS) is 11.3. The Kier molecular flexibility index (Phi) is 4.56. The summed E-state index contributed by atoms with van der Waals surface area (Å²) >= 11 is 6.80. The van der Waals surface area contributed by atoms with Gasteiger partial charge >= 0.3 is 0 Å². The van der Waals surface area contributed by atoms with Gasteiger partial charge in [-0.25, -0.2) is 0 Å². The fourth-order valence-corrected chi connectivity index (χ4v) is 1.67. The van der Waals surface area contributed by atoms with E-state index < -0.39 is 0 Å². The van der Waals surface area contributed by atoms with Crippen molar-refractivity contribution < 1.29 is 4.79 Å². The van der Waals surface area contributed by atoms with E-state index in [9.17, 15) is 4.79 Å². The molecule has 0 bridgehead atoms. The van der Waals surface area contributed by atoms with Gasteiger partial charge < -0.3 is 5.32 Å². The van der Waals surface area contributed by atoms with Gasteiger partial charge in [-0.2, -0.15) is 0 Å². The maximum atomic E-state index is 11.9. The van der Waals surface area contributed by atoms with Crippen molar-refractivity contribution in [2.75, 3.05) is 5.33 Å². The number of hydrogen-bond donors (Lipinski definition) is 1. The first-order chi connectivity index (χ1) is 7.35. The number of benzene rings is 1. The number of alkyl halides is 1. The Hall–Kier alpha value is -0.350. The standard InChI is InChI=1S/C12H15Br2NO/c1-8-4-5-9(6-10(8)14)11(16)15-12(2,3)7-13/h4-6H,7H2,1-3H3,(H,15,16). The van der Waals surface area contributed by atoms with Crippen LogP contribution in [0, 0.1) is 6.92 Å². The lowest BCUT2D eigenvalue weighted by atomic mass is 10.1. The minimum absolute atomic E-state index is 0.0508. The van der Waals surface area contributed by atoms with Crippen molar-refractivity contribution in [1.29, 1.82) is 0 Å². The Morgan fingerprint density at radius 2 is 2.06 bits per heavy atom. The van der Waals surface area contributed by atoms with Gasteiger partial charge in [0.25, 0.3) is 5.91 Å². The number of halogens is 2. The summed E-state index contributed by atoms with van der Waals surface area (Å²) in [5.41, 5.74) is 1.55. The van der Waals surface area contributed by atoms with Crippen molar-refractivity contribution in [3.05, 3.63) is 33.8 Å². The minimum Gasteiger partial charge on any atom is -0.346 e. The van der Waals surface area contributed by atoms with Crippen LogP contribution in [0.15, 0.2) is 22.7 Å². The van der Waals surface area contributed by atoms with Gasteiger partial charge in [0.1, 0.15) is 0 Å². The Morgan fingerprint density at radius 3 is 2.56 bits per heavy atom. The highest BCUT2D eigenvalue weighted by Crippen LogP contribution is 2.18. The SMILES string of the molecule is Cc1ccc(C(=O)NC(C)(C)CBr)cc1Br. The van der Waals surface area contributed by atoms with Crippen LogP contribution in [-0.2, 0) is 0 Å². The molecule has 1 rings (SSSR count). The molecule has 88 valence electrons. The number of carbonyl (C=O) groups is 1. The smallest absolute Gasteiger partial charge is 0.251 e. The summed E-state index contributed by atoms with van der Waals surface area (Å²) in [6.07, 6.45) is 0. The van der Waals surface area contributed by atoms with Crippen LogP contribution in [0.4, 0.5) is 0 Å². The molecule has 0 fully saturated rings. The van der Waals surface area contributed by atoms with Gasteiger partial charge in [0.2, 0.25) is 0 Å². The molecule has 0 aliphatic heterocycles. The summed E-state index contributed by atoms with van der Waals surface area (Å²) in [5.74, 6) is -0.0508. The number of aryl methyl sites for hydroxylation is 1.